The van der Waals surface area contributed by atoms with Gasteiger partial charge in [0.1, 0.15) is 12.4 Å². The number of hydrogen-bond donors (Lipinski definition) is 0. The number of hydrogen-bond acceptors (Lipinski definition) is 3. The molecule has 0 heterocycles. The third-order valence-electron chi connectivity index (χ3n) is 3.66. The number of rotatable bonds is 9. The summed E-state index contributed by atoms with van der Waals surface area (Å²) in [6.07, 6.45) is 0. The molecular formula is C18H31NO2. The van der Waals surface area contributed by atoms with Crippen molar-refractivity contribution in [2.45, 2.75) is 40.0 Å². The Labute approximate surface area is 130 Å². The monoisotopic (exact) mass is 293 g/mol. The van der Waals surface area contributed by atoms with E-state index in [0.29, 0.717) is 13.2 Å². The fourth-order valence-corrected chi connectivity index (χ4v) is 2.11. The molecule has 1 aromatic carbocycles. The van der Waals surface area contributed by atoms with E-state index in [-0.39, 0.29) is 5.41 Å². The smallest absolute Gasteiger partial charge is 0.119 e. The van der Waals surface area contributed by atoms with Gasteiger partial charge in [0, 0.05) is 6.54 Å². The summed E-state index contributed by atoms with van der Waals surface area (Å²) in [6.45, 7) is 16.2. The first kappa shape index (κ1) is 18.0. The quantitative estimate of drug-likeness (QED) is 0.648. The van der Waals surface area contributed by atoms with Crippen LogP contribution in [0.3, 0.4) is 0 Å². The van der Waals surface area contributed by atoms with Crippen molar-refractivity contribution in [3.63, 3.8) is 0 Å². The van der Waals surface area contributed by atoms with Gasteiger partial charge < -0.3 is 14.4 Å². The van der Waals surface area contributed by atoms with Crippen molar-refractivity contribution in [3.05, 3.63) is 29.8 Å². The molecule has 0 bridgehead atoms. The molecule has 1 rings (SSSR count). The van der Waals surface area contributed by atoms with E-state index in [0.717, 1.165) is 32.0 Å². The van der Waals surface area contributed by atoms with Gasteiger partial charge >= 0.3 is 0 Å². The largest absolute Gasteiger partial charge is 0.491 e. The molecule has 3 nitrogen and oxygen atoms in total. The standard InChI is InChI=1S/C18H31NO2/c1-6-19(7-2)12-13-20-14-15-21-17-10-8-16(9-11-17)18(3,4)5/h8-11H,6-7,12-15H2,1-5H3. The molecule has 0 radical (unpaired) electrons. The Morgan fingerprint density at radius 2 is 1.52 bits per heavy atom. The first-order chi connectivity index (χ1) is 9.97. The molecule has 1 aromatic rings. The Morgan fingerprint density at radius 3 is 2.05 bits per heavy atom. The average Bonchev–Trinajstić information content (AvgIpc) is 2.46. The summed E-state index contributed by atoms with van der Waals surface area (Å²) in [5, 5.41) is 0. The van der Waals surface area contributed by atoms with Crippen LogP contribution in [0.1, 0.15) is 40.2 Å². The highest BCUT2D eigenvalue weighted by molar-refractivity contribution is 5.31. The van der Waals surface area contributed by atoms with E-state index in [2.05, 4.69) is 51.7 Å². The summed E-state index contributed by atoms with van der Waals surface area (Å²) in [4.78, 5) is 2.35. The second-order valence-electron chi connectivity index (χ2n) is 6.26. The van der Waals surface area contributed by atoms with E-state index in [1.54, 1.807) is 0 Å². The van der Waals surface area contributed by atoms with Crippen LogP contribution in [0.25, 0.3) is 0 Å². The number of ether oxygens (including phenoxy) is 2. The van der Waals surface area contributed by atoms with Crippen LogP contribution in [0, 0.1) is 0 Å². The number of nitrogens with zero attached hydrogens (tertiary/aromatic N) is 1. The molecule has 0 N–H and O–H groups in total. The molecule has 0 amide bonds. The van der Waals surface area contributed by atoms with Crippen LogP contribution in [0.15, 0.2) is 24.3 Å². The van der Waals surface area contributed by atoms with Gasteiger partial charge in [-0.3, -0.25) is 0 Å². The van der Waals surface area contributed by atoms with E-state index >= 15 is 0 Å². The van der Waals surface area contributed by atoms with Gasteiger partial charge in [-0.2, -0.15) is 0 Å². The Morgan fingerprint density at radius 1 is 0.905 bits per heavy atom. The van der Waals surface area contributed by atoms with E-state index < -0.39 is 0 Å². The van der Waals surface area contributed by atoms with E-state index in [1.807, 2.05) is 12.1 Å². The van der Waals surface area contributed by atoms with Gasteiger partial charge in [0.25, 0.3) is 0 Å². The summed E-state index contributed by atoms with van der Waals surface area (Å²) in [5.74, 6) is 0.912. The zero-order valence-corrected chi connectivity index (χ0v) is 14.3. The van der Waals surface area contributed by atoms with Crippen molar-refractivity contribution in [1.29, 1.82) is 0 Å². The SMILES string of the molecule is CCN(CC)CCOCCOc1ccc(C(C)(C)C)cc1. The Balaban J connectivity index is 2.18. The molecule has 0 atom stereocenters. The van der Waals surface area contributed by atoms with E-state index in [1.165, 1.54) is 5.56 Å². The predicted molar refractivity (Wildman–Crippen MR) is 89.2 cm³/mol. The molecular weight excluding hydrogens is 262 g/mol. The van der Waals surface area contributed by atoms with Crippen LogP contribution in [0.2, 0.25) is 0 Å². The lowest BCUT2D eigenvalue weighted by Crippen LogP contribution is -2.27. The average molecular weight is 293 g/mol. The molecule has 0 saturated carbocycles. The highest BCUT2D eigenvalue weighted by Gasteiger charge is 2.12. The van der Waals surface area contributed by atoms with Crippen molar-refractivity contribution in [1.82, 2.24) is 4.90 Å². The third kappa shape index (κ3) is 6.96. The third-order valence-corrected chi connectivity index (χ3v) is 3.66. The lowest BCUT2D eigenvalue weighted by Gasteiger charge is -2.19. The van der Waals surface area contributed by atoms with Gasteiger partial charge in [-0.1, -0.05) is 46.8 Å². The molecule has 3 heteroatoms. The molecule has 0 aromatic heterocycles. The lowest BCUT2D eigenvalue weighted by atomic mass is 9.87. The maximum atomic E-state index is 5.69. The minimum absolute atomic E-state index is 0.187. The summed E-state index contributed by atoms with van der Waals surface area (Å²) < 4.78 is 11.3. The molecule has 0 aliphatic heterocycles. The van der Waals surface area contributed by atoms with Gasteiger partial charge in [-0.15, -0.1) is 0 Å². The molecule has 0 unspecified atom stereocenters. The van der Waals surface area contributed by atoms with Crippen molar-refractivity contribution in [3.8, 4) is 5.75 Å². The minimum Gasteiger partial charge on any atom is -0.491 e. The molecule has 0 aliphatic rings. The molecule has 0 spiro atoms. The van der Waals surface area contributed by atoms with E-state index in [9.17, 15) is 0 Å². The zero-order chi connectivity index (χ0) is 15.7. The molecule has 21 heavy (non-hydrogen) atoms. The zero-order valence-electron chi connectivity index (χ0n) is 14.3. The first-order valence-corrected chi connectivity index (χ1v) is 8.00. The fourth-order valence-electron chi connectivity index (χ4n) is 2.11. The maximum absolute atomic E-state index is 5.69. The molecule has 0 fully saturated rings. The second-order valence-corrected chi connectivity index (χ2v) is 6.26. The van der Waals surface area contributed by atoms with Crippen molar-refractivity contribution in [2.24, 2.45) is 0 Å². The Hall–Kier alpha value is -1.06. The van der Waals surface area contributed by atoms with Crippen LogP contribution < -0.4 is 4.74 Å². The first-order valence-electron chi connectivity index (χ1n) is 8.00. The van der Waals surface area contributed by atoms with Gasteiger partial charge in [0.15, 0.2) is 0 Å². The Bertz CT molecular complexity index is 377. The highest BCUT2D eigenvalue weighted by Crippen LogP contribution is 2.24. The van der Waals surface area contributed by atoms with Crippen molar-refractivity contribution >= 4 is 0 Å². The van der Waals surface area contributed by atoms with Crippen LogP contribution in [0.4, 0.5) is 0 Å². The lowest BCUT2D eigenvalue weighted by molar-refractivity contribution is 0.0819. The van der Waals surface area contributed by atoms with Crippen molar-refractivity contribution < 1.29 is 9.47 Å². The van der Waals surface area contributed by atoms with Crippen LogP contribution in [-0.2, 0) is 10.2 Å². The van der Waals surface area contributed by atoms with E-state index in [4.69, 9.17) is 9.47 Å². The van der Waals surface area contributed by atoms with Gasteiger partial charge in [0.2, 0.25) is 0 Å². The highest BCUT2D eigenvalue weighted by atomic mass is 16.5. The number of likely N-dealkylation sites (N-methyl/N-ethyl adjacent to an activating group) is 1. The van der Waals surface area contributed by atoms with Crippen LogP contribution >= 0.6 is 0 Å². The predicted octanol–water partition coefficient (Wildman–Crippen LogP) is 3.72. The van der Waals surface area contributed by atoms with Gasteiger partial charge in [-0.05, 0) is 36.2 Å². The molecule has 0 aliphatic carbocycles. The minimum atomic E-state index is 0.187. The number of benzene rings is 1. The summed E-state index contributed by atoms with van der Waals surface area (Å²) in [6, 6.07) is 8.35. The van der Waals surface area contributed by atoms with Crippen molar-refractivity contribution in [2.75, 3.05) is 39.5 Å². The Kier molecular flexibility index (Phi) is 7.76. The van der Waals surface area contributed by atoms with Gasteiger partial charge in [-0.25, -0.2) is 0 Å². The summed E-state index contributed by atoms with van der Waals surface area (Å²) in [5.41, 5.74) is 1.51. The maximum Gasteiger partial charge on any atom is 0.119 e. The fraction of sp³-hybridized carbons (Fsp3) is 0.667. The van der Waals surface area contributed by atoms with Crippen LogP contribution in [-0.4, -0.2) is 44.4 Å². The van der Waals surface area contributed by atoms with Gasteiger partial charge in [0.05, 0.1) is 13.2 Å². The topological polar surface area (TPSA) is 21.7 Å². The second kappa shape index (κ2) is 9.06. The summed E-state index contributed by atoms with van der Waals surface area (Å²) in [7, 11) is 0. The normalized spacial score (nSPS) is 11.9. The van der Waals surface area contributed by atoms with Crippen LogP contribution in [0.5, 0.6) is 5.75 Å². The molecule has 120 valence electrons. The molecule has 0 saturated heterocycles. The summed E-state index contributed by atoms with van der Waals surface area (Å²) >= 11 is 0.